The second-order valence-corrected chi connectivity index (χ2v) is 5.99. The fourth-order valence-electron chi connectivity index (χ4n) is 2.84. The van der Waals surface area contributed by atoms with E-state index in [1.54, 1.807) is 6.07 Å². The van der Waals surface area contributed by atoms with Gasteiger partial charge < -0.3 is 15.6 Å². The molecule has 0 unspecified atom stereocenters. The van der Waals surface area contributed by atoms with E-state index in [0.717, 1.165) is 54.8 Å². The molecule has 1 aliphatic rings. The van der Waals surface area contributed by atoms with Crippen molar-refractivity contribution in [1.82, 2.24) is 10.5 Å². The van der Waals surface area contributed by atoms with E-state index in [9.17, 15) is 13.2 Å². The molecule has 2 aromatic rings. The minimum absolute atomic E-state index is 0.0691. The van der Waals surface area contributed by atoms with E-state index in [2.05, 4.69) is 15.5 Å². The van der Waals surface area contributed by atoms with Gasteiger partial charge in [-0.25, -0.2) is 4.99 Å². The molecule has 0 aliphatic heterocycles. The van der Waals surface area contributed by atoms with Gasteiger partial charge in [-0.3, -0.25) is 0 Å². The number of aryl methyl sites for hydroxylation is 1. The van der Waals surface area contributed by atoms with Crippen LogP contribution in [0.3, 0.4) is 0 Å². The highest BCUT2D eigenvalue weighted by Crippen LogP contribution is 2.29. The van der Waals surface area contributed by atoms with Crippen LogP contribution < -0.4 is 11.1 Å². The number of aliphatic imine (C=N–C) groups is 1. The molecule has 8 heteroatoms. The van der Waals surface area contributed by atoms with Crippen molar-refractivity contribution in [2.24, 2.45) is 10.7 Å². The predicted octanol–water partition coefficient (Wildman–Crippen LogP) is 3.18. The smallest absolute Gasteiger partial charge is 0.370 e. The Balaban J connectivity index is 1.58. The van der Waals surface area contributed by atoms with Crippen LogP contribution in [-0.2, 0) is 32.1 Å². The van der Waals surface area contributed by atoms with Crippen molar-refractivity contribution in [2.75, 3.05) is 0 Å². The summed E-state index contributed by atoms with van der Waals surface area (Å²) in [6.45, 7) is 0.455. The summed E-state index contributed by atoms with van der Waals surface area (Å²) in [5.74, 6) is 1.09. The molecule has 5 nitrogen and oxygen atoms in total. The van der Waals surface area contributed by atoms with Crippen LogP contribution in [0.1, 0.15) is 41.0 Å². The normalized spacial score (nSPS) is 15.1. The van der Waals surface area contributed by atoms with Crippen LogP contribution in [-0.4, -0.2) is 11.1 Å². The third-order valence-electron chi connectivity index (χ3n) is 4.15. The first-order valence-corrected chi connectivity index (χ1v) is 8.09. The number of benzene rings is 1. The molecule has 0 amide bonds. The van der Waals surface area contributed by atoms with Gasteiger partial charge in [0, 0.05) is 12.0 Å². The molecule has 3 N–H and O–H groups in total. The summed E-state index contributed by atoms with van der Waals surface area (Å²) in [4.78, 5) is 4.09. The van der Waals surface area contributed by atoms with Crippen molar-refractivity contribution in [2.45, 2.75) is 44.9 Å². The third-order valence-corrected chi connectivity index (χ3v) is 4.15. The molecule has 1 aromatic carbocycles. The van der Waals surface area contributed by atoms with Gasteiger partial charge in [0.25, 0.3) is 0 Å². The zero-order chi connectivity index (χ0) is 17.9. The lowest BCUT2D eigenvalue weighted by atomic mass is 9.96. The summed E-state index contributed by atoms with van der Waals surface area (Å²) in [7, 11) is 0. The molecule has 1 aliphatic carbocycles. The maximum absolute atomic E-state index is 12.7. The maximum Gasteiger partial charge on any atom is 0.416 e. The average molecular weight is 352 g/mol. The predicted molar refractivity (Wildman–Crippen MR) is 86.8 cm³/mol. The number of nitrogens with two attached hydrogens (primary N) is 1. The fourth-order valence-corrected chi connectivity index (χ4v) is 2.84. The lowest BCUT2D eigenvalue weighted by Gasteiger charge is -2.10. The Morgan fingerprint density at radius 3 is 2.88 bits per heavy atom. The maximum atomic E-state index is 12.7. The number of hydrogen-bond donors (Lipinski definition) is 2. The first-order chi connectivity index (χ1) is 11.9. The fraction of sp³-hybridized carbons (Fsp3) is 0.412. The molecule has 25 heavy (non-hydrogen) atoms. The Labute approximate surface area is 143 Å². The standard InChI is InChI=1S/C17H19F3N4O/c18-17(19,20)12-5-3-4-11(8-12)9-22-16(21)23-10-14-13-6-1-2-7-15(13)25-24-14/h3-5,8H,1-2,6-7,9-10H2,(H3,21,22,23). The van der Waals surface area contributed by atoms with Crippen molar-refractivity contribution in [3.05, 3.63) is 52.4 Å². The lowest BCUT2D eigenvalue weighted by molar-refractivity contribution is -0.137. The van der Waals surface area contributed by atoms with E-state index in [4.69, 9.17) is 10.3 Å². The van der Waals surface area contributed by atoms with Crippen LogP contribution in [0, 0.1) is 0 Å². The van der Waals surface area contributed by atoms with E-state index in [-0.39, 0.29) is 12.5 Å². The van der Waals surface area contributed by atoms with Gasteiger partial charge >= 0.3 is 6.18 Å². The van der Waals surface area contributed by atoms with Crippen LogP contribution in [0.5, 0.6) is 0 Å². The Bertz CT molecular complexity index is 767. The second kappa shape index (κ2) is 7.16. The number of rotatable bonds is 4. The summed E-state index contributed by atoms with van der Waals surface area (Å²) in [6, 6.07) is 5.05. The van der Waals surface area contributed by atoms with Crippen LogP contribution in [0.25, 0.3) is 0 Å². The van der Waals surface area contributed by atoms with E-state index >= 15 is 0 Å². The summed E-state index contributed by atoms with van der Waals surface area (Å²) in [5.41, 5.74) is 7.49. The minimum Gasteiger partial charge on any atom is -0.370 e. The Hall–Kier alpha value is -2.51. The number of aromatic nitrogens is 1. The van der Waals surface area contributed by atoms with Crippen LogP contribution in [0.4, 0.5) is 13.2 Å². The van der Waals surface area contributed by atoms with Gasteiger partial charge in [-0.2, -0.15) is 13.2 Å². The van der Waals surface area contributed by atoms with Gasteiger partial charge in [0.05, 0.1) is 18.7 Å². The molecule has 134 valence electrons. The monoisotopic (exact) mass is 352 g/mol. The number of halogens is 3. The molecule has 0 atom stereocenters. The summed E-state index contributed by atoms with van der Waals surface area (Å²) >= 11 is 0. The van der Waals surface area contributed by atoms with E-state index in [1.165, 1.54) is 6.07 Å². The third kappa shape index (κ3) is 4.32. The van der Waals surface area contributed by atoms with Gasteiger partial charge in [0.2, 0.25) is 0 Å². The molecule has 0 spiro atoms. The molecule has 1 heterocycles. The number of fused-ring (bicyclic) bond motifs is 1. The number of guanidine groups is 1. The van der Waals surface area contributed by atoms with Gasteiger partial charge in [-0.1, -0.05) is 17.3 Å². The van der Waals surface area contributed by atoms with Crippen LogP contribution >= 0.6 is 0 Å². The van der Waals surface area contributed by atoms with Crippen molar-refractivity contribution in [1.29, 1.82) is 0 Å². The minimum atomic E-state index is -4.37. The van der Waals surface area contributed by atoms with Crippen LogP contribution in [0.2, 0.25) is 0 Å². The number of hydrogen-bond acceptors (Lipinski definition) is 3. The van der Waals surface area contributed by atoms with Gasteiger partial charge in [-0.05, 0) is 37.0 Å². The van der Waals surface area contributed by atoms with Gasteiger partial charge in [-0.15, -0.1) is 0 Å². The van der Waals surface area contributed by atoms with Crippen LogP contribution in [0.15, 0.2) is 33.8 Å². The highest BCUT2D eigenvalue weighted by molar-refractivity contribution is 5.77. The SMILES string of the molecule is NC(=NCc1cccc(C(F)(F)F)c1)NCc1noc2c1CCCC2. The zero-order valence-electron chi connectivity index (χ0n) is 13.6. The molecule has 1 aromatic heterocycles. The summed E-state index contributed by atoms with van der Waals surface area (Å²) in [6.07, 6.45) is -0.301. The molecular formula is C17H19F3N4O. The quantitative estimate of drug-likeness (QED) is 0.655. The summed E-state index contributed by atoms with van der Waals surface area (Å²) < 4.78 is 43.4. The van der Waals surface area contributed by atoms with Crippen molar-refractivity contribution in [3.8, 4) is 0 Å². The first-order valence-electron chi connectivity index (χ1n) is 8.09. The zero-order valence-corrected chi connectivity index (χ0v) is 13.6. The molecule has 0 saturated heterocycles. The number of nitrogens with zero attached hydrogens (tertiary/aromatic N) is 2. The highest BCUT2D eigenvalue weighted by Gasteiger charge is 2.30. The van der Waals surface area contributed by atoms with E-state index in [0.29, 0.717) is 12.1 Å². The van der Waals surface area contributed by atoms with E-state index in [1.807, 2.05) is 0 Å². The highest BCUT2D eigenvalue weighted by atomic mass is 19.4. The number of alkyl halides is 3. The largest absolute Gasteiger partial charge is 0.416 e. The Kier molecular flexibility index (Phi) is 4.96. The molecule has 0 bridgehead atoms. The Morgan fingerprint density at radius 2 is 2.08 bits per heavy atom. The lowest BCUT2D eigenvalue weighted by Crippen LogP contribution is -2.31. The second-order valence-electron chi connectivity index (χ2n) is 5.99. The molecule has 3 rings (SSSR count). The topological polar surface area (TPSA) is 76.4 Å². The van der Waals surface area contributed by atoms with Crippen molar-refractivity contribution < 1.29 is 17.7 Å². The van der Waals surface area contributed by atoms with E-state index < -0.39 is 11.7 Å². The number of nitrogens with one attached hydrogen (secondary N) is 1. The first kappa shape index (κ1) is 17.3. The molecular weight excluding hydrogens is 333 g/mol. The Morgan fingerprint density at radius 1 is 1.28 bits per heavy atom. The average Bonchev–Trinajstić information content (AvgIpc) is 3.01. The molecule has 0 saturated carbocycles. The van der Waals surface area contributed by atoms with Crippen molar-refractivity contribution in [3.63, 3.8) is 0 Å². The molecule has 0 radical (unpaired) electrons. The van der Waals surface area contributed by atoms with Gasteiger partial charge in [0.15, 0.2) is 5.96 Å². The van der Waals surface area contributed by atoms with Gasteiger partial charge in [0.1, 0.15) is 11.5 Å². The summed E-state index contributed by atoms with van der Waals surface area (Å²) in [5, 5.41) is 6.99. The molecule has 0 fully saturated rings. The van der Waals surface area contributed by atoms with Crippen molar-refractivity contribution >= 4 is 5.96 Å².